The fourth-order valence-corrected chi connectivity index (χ4v) is 2.25. The normalized spacial score (nSPS) is 12.6. The maximum absolute atomic E-state index is 11.9. The van der Waals surface area contributed by atoms with Gasteiger partial charge in [-0.15, -0.1) is 0 Å². The molecule has 6 nitrogen and oxygen atoms in total. The molecule has 0 bridgehead atoms. The third-order valence-corrected chi connectivity index (χ3v) is 3.49. The fourth-order valence-electron chi connectivity index (χ4n) is 2.25. The predicted molar refractivity (Wildman–Crippen MR) is 99.0 cm³/mol. The Morgan fingerprint density at radius 3 is 2.48 bits per heavy atom. The lowest BCUT2D eigenvalue weighted by Crippen LogP contribution is -2.43. The molecule has 0 saturated heterocycles. The monoisotopic (exact) mass is 352 g/mol. The van der Waals surface area contributed by atoms with E-state index in [-0.39, 0.29) is 30.7 Å². The van der Waals surface area contributed by atoms with Crippen LogP contribution in [0.25, 0.3) is 0 Å². The van der Waals surface area contributed by atoms with E-state index in [1.165, 1.54) is 0 Å². The van der Waals surface area contributed by atoms with E-state index in [9.17, 15) is 9.90 Å². The zero-order chi connectivity index (χ0) is 18.9. The number of carbonyl (C=O) groups excluding carboxylic acids is 1. The summed E-state index contributed by atoms with van der Waals surface area (Å²) in [6.45, 7) is 10.9. The van der Waals surface area contributed by atoms with Gasteiger partial charge < -0.3 is 25.2 Å². The summed E-state index contributed by atoms with van der Waals surface area (Å²) >= 11 is 0. The molecule has 0 radical (unpaired) electrons. The van der Waals surface area contributed by atoms with Crippen molar-refractivity contribution >= 4 is 5.91 Å². The largest absolute Gasteiger partial charge is 0.490 e. The van der Waals surface area contributed by atoms with Gasteiger partial charge in [0.1, 0.15) is 0 Å². The number of aliphatic hydroxyl groups excluding tert-OH is 1. The smallest absolute Gasteiger partial charge is 0.258 e. The van der Waals surface area contributed by atoms with Gasteiger partial charge in [-0.1, -0.05) is 13.0 Å². The van der Waals surface area contributed by atoms with Gasteiger partial charge in [0.05, 0.1) is 13.2 Å². The highest BCUT2D eigenvalue weighted by Crippen LogP contribution is 2.28. The van der Waals surface area contributed by atoms with Crippen LogP contribution in [0.2, 0.25) is 0 Å². The number of rotatable bonds is 10. The van der Waals surface area contributed by atoms with Crippen molar-refractivity contribution in [1.29, 1.82) is 0 Å². The van der Waals surface area contributed by atoms with Crippen LogP contribution >= 0.6 is 0 Å². The highest BCUT2D eigenvalue weighted by atomic mass is 16.5. The van der Waals surface area contributed by atoms with E-state index in [4.69, 9.17) is 9.47 Å². The van der Waals surface area contributed by atoms with Crippen LogP contribution in [-0.2, 0) is 11.3 Å². The molecule has 1 atom stereocenters. The number of aliphatic hydroxyl groups is 1. The van der Waals surface area contributed by atoms with Crippen molar-refractivity contribution in [2.75, 3.05) is 19.8 Å². The lowest BCUT2D eigenvalue weighted by Gasteiger charge is -2.21. The highest BCUT2D eigenvalue weighted by molar-refractivity contribution is 5.78. The van der Waals surface area contributed by atoms with Crippen molar-refractivity contribution in [3.05, 3.63) is 23.8 Å². The minimum Gasteiger partial charge on any atom is -0.490 e. The summed E-state index contributed by atoms with van der Waals surface area (Å²) in [4.78, 5) is 11.9. The van der Waals surface area contributed by atoms with E-state index >= 15 is 0 Å². The minimum atomic E-state index is -0.290. The van der Waals surface area contributed by atoms with Crippen LogP contribution in [0.4, 0.5) is 0 Å². The van der Waals surface area contributed by atoms with Crippen molar-refractivity contribution < 1.29 is 19.4 Å². The molecule has 0 aliphatic heterocycles. The number of carbonyl (C=O) groups is 1. The van der Waals surface area contributed by atoms with Gasteiger partial charge in [0.15, 0.2) is 18.1 Å². The minimum absolute atomic E-state index is 0.0582. The summed E-state index contributed by atoms with van der Waals surface area (Å²) < 4.78 is 11.3. The zero-order valence-electron chi connectivity index (χ0n) is 16.0. The molecule has 0 spiro atoms. The SMILES string of the molecule is CCOc1cc(CN[C@@H](CC)CO)ccc1OCC(=O)NC(C)(C)C. The van der Waals surface area contributed by atoms with Crippen LogP contribution in [0.15, 0.2) is 18.2 Å². The third-order valence-electron chi connectivity index (χ3n) is 3.49. The molecular formula is C19H32N2O4. The van der Waals surface area contributed by atoms with Gasteiger partial charge in [0.25, 0.3) is 5.91 Å². The lowest BCUT2D eigenvalue weighted by molar-refractivity contribution is -0.124. The standard InChI is InChI=1S/C19H32N2O4/c1-6-15(12-22)20-11-14-8-9-16(17(10-14)24-7-2)25-13-18(23)21-19(3,4)5/h8-10,15,20,22H,6-7,11-13H2,1-5H3,(H,21,23)/t15-/m0/s1. The Kier molecular flexibility index (Phi) is 8.72. The maximum atomic E-state index is 11.9. The van der Waals surface area contributed by atoms with E-state index < -0.39 is 0 Å². The predicted octanol–water partition coefficient (Wildman–Crippen LogP) is 2.24. The van der Waals surface area contributed by atoms with Crippen molar-refractivity contribution in [2.45, 2.75) is 59.2 Å². The van der Waals surface area contributed by atoms with Gasteiger partial charge in [-0.05, 0) is 51.8 Å². The summed E-state index contributed by atoms with van der Waals surface area (Å²) in [6, 6.07) is 5.72. The van der Waals surface area contributed by atoms with Crippen LogP contribution in [0.5, 0.6) is 11.5 Å². The van der Waals surface area contributed by atoms with Crippen LogP contribution in [-0.4, -0.2) is 42.4 Å². The first-order valence-corrected chi connectivity index (χ1v) is 8.82. The molecule has 142 valence electrons. The van der Waals surface area contributed by atoms with Crippen LogP contribution in [0.1, 0.15) is 46.6 Å². The second-order valence-corrected chi connectivity index (χ2v) is 6.97. The first kappa shape index (κ1) is 21.3. The van der Waals surface area contributed by atoms with Gasteiger partial charge in [-0.2, -0.15) is 0 Å². The Labute approximate surface area is 150 Å². The Balaban J connectivity index is 2.71. The molecule has 1 amide bonds. The van der Waals surface area contributed by atoms with Crippen LogP contribution in [0.3, 0.4) is 0 Å². The Hall–Kier alpha value is -1.79. The number of hydrogen-bond donors (Lipinski definition) is 3. The molecule has 0 fully saturated rings. The topological polar surface area (TPSA) is 79.8 Å². The average molecular weight is 352 g/mol. The molecule has 0 heterocycles. The first-order valence-electron chi connectivity index (χ1n) is 8.82. The summed E-state index contributed by atoms with van der Waals surface area (Å²) in [5.74, 6) is 0.987. The average Bonchev–Trinajstić information content (AvgIpc) is 2.53. The molecule has 1 aromatic carbocycles. The highest BCUT2D eigenvalue weighted by Gasteiger charge is 2.15. The summed E-state index contributed by atoms with van der Waals surface area (Å²) in [7, 11) is 0. The van der Waals surface area contributed by atoms with Crippen LogP contribution < -0.4 is 20.1 Å². The molecule has 6 heteroatoms. The number of amides is 1. The van der Waals surface area contributed by atoms with E-state index in [0.717, 1.165) is 12.0 Å². The van der Waals surface area contributed by atoms with Crippen molar-refractivity contribution in [3.8, 4) is 11.5 Å². The van der Waals surface area contributed by atoms with Gasteiger partial charge in [-0.25, -0.2) is 0 Å². The summed E-state index contributed by atoms with van der Waals surface area (Å²) in [5.41, 5.74) is 0.739. The molecule has 0 aliphatic carbocycles. The van der Waals surface area contributed by atoms with Crippen LogP contribution in [0, 0.1) is 0 Å². The Morgan fingerprint density at radius 1 is 1.20 bits per heavy atom. The van der Waals surface area contributed by atoms with Gasteiger partial charge in [0.2, 0.25) is 0 Å². The molecule has 0 aliphatic rings. The van der Waals surface area contributed by atoms with Crippen molar-refractivity contribution in [3.63, 3.8) is 0 Å². The Bertz CT molecular complexity index is 537. The summed E-state index contributed by atoms with van der Waals surface area (Å²) in [5, 5.41) is 15.4. The van der Waals surface area contributed by atoms with E-state index in [1.807, 2.05) is 52.8 Å². The molecule has 1 aromatic rings. The maximum Gasteiger partial charge on any atom is 0.258 e. The molecular weight excluding hydrogens is 320 g/mol. The Morgan fingerprint density at radius 2 is 1.92 bits per heavy atom. The molecule has 3 N–H and O–H groups in total. The fraction of sp³-hybridized carbons (Fsp3) is 0.632. The van der Waals surface area contributed by atoms with Gasteiger partial charge in [-0.3, -0.25) is 4.79 Å². The molecule has 0 unspecified atom stereocenters. The van der Waals surface area contributed by atoms with E-state index in [2.05, 4.69) is 10.6 Å². The third kappa shape index (κ3) is 8.23. The summed E-state index contributed by atoms with van der Waals surface area (Å²) in [6.07, 6.45) is 0.860. The number of hydrogen-bond acceptors (Lipinski definition) is 5. The number of ether oxygens (including phenoxy) is 2. The van der Waals surface area contributed by atoms with E-state index in [0.29, 0.717) is 24.7 Å². The molecule has 0 aromatic heterocycles. The molecule has 1 rings (SSSR count). The number of nitrogens with one attached hydrogen (secondary N) is 2. The lowest BCUT2D eigenvalue weighted by atomic mass is 10.1. The van der Waals surface area contributed by atoms with Gasteiger partial charge in [0, 0.05) is 18.1 Å². The van der Waals surface area contributed by atoms with Gasteiger partial charge >= 0.3 is 0 Å². The zero-order valence-corrected chi connectivity index (χ0v) is 16.0. The van der Waals surface area contributed by atoms with Crippen molar-refractivity contribution in [2.24, 2.45) is 0 Å². The molecule has 25 heavy (non-hydrogen) atoms. The second kappa shape index (κ2) is 10.3. The quantitative estimate of drug-likeness (QED) is 0.602. The second-order valence-electron chi connectivity index (χ2n) is 6.97. The van der Waals surface area contributed by atoms with E-state index in [1.54, 1.807) is 0 Å². The van der Waals surface area contributed by atoms with Crippen molar-refractivity contribution in [1.82, 2.24) is 10.6 Å². The molecule has 0 saturated carbocycles. The first-order chi connectivity index (χ1) is 11.8. The number of benzene rings is 1.